The molecule has 1 saturated heterocycles. The average Bonchev–Trinajstić information content (AvgIpc) is 3.06. The number of rotatable bonds is 3. The summed E-state index contributed by atoms with van der Waals surface area (Å²) in [6, 6.07) is 10.8. The number of ether oxygens (including phenoxy) is 1. The molecular formula is C22H21N3O4. The van der Waals surface area contributed by atoms with Crippen molar-refractivity contribution in [3.05, 3.63) is 58.7 Å². The molecule has 3 amide bonds. The Morgan fingerprint density at radius 3 is 2.79 bits per heavy atom. The van der Waals surface area contributed by atoms with E-state index >= 15 is 0 Å². The molecule has 1 fully saturated rings. The maximum absolute atomic E-state index is 12.9. The lowest BCUT2D eigenvalue weighted by Gasteiger charge is -2.29. The van der Waals surface area contributed by atoms with Crippen LogP contribution in [0, 0.1) is 0 Å². The van der Waals surface area contributed by atoms with Gasteiger partial charge in [0, 0.05) is 24.1 Å². The van der Waals surface area contributed by atoms with Crippen molar-refractivity contribution in [2.24, 2.45) is 0 Å². The summed E-state index contributed by atoms with van der Waals surface area (Å²) < 4.78 is 6.16. The summed E-state index contributed by atoms with van der Waals surface area (Å²) in [4.78, 5) is 38.1. The van der Waals surface area contributed by atoms with Crippen molar-refractivity contribution < 1.29 is 19.1 Å². The van der Waals surface area contributed by atoms with E-state index in [9.17, 15) is 14.4 Å². The van der Waals surface area contributed by atoms with Crippen LogP contribution in [-0.4, -0.2) is 35.2 Å². The second-order valence-corrected chi connectivity index (χ2v) is 7.64. The van der Waals surface area contributed by atoms with E-state index in [2.05, 4.69) is 22.8 Å². The normalized spacial score (nSPS) is 20.9. The fourth-order valence-corrected chi connectivity index (χ4v) is 4.30. The van der Waals surface area contributed by atoms with Crippen molar-refractivity contribution in [2.75, 3.05) is 6.54 Å². The number of hydrogen-bond acceptors (Lipinski definition) is 5. The Labute approximate surface area is 168 Å². The molecule has 2 aromatic rings. The van der Waals surface area contributed by atoms with Crippen molar-refractivity contribution in [1.82, 2.24) is 15.5 Å². The number of amides is 3. The molecule has 0 radical (unpaired) electrons. The highest BCUT2D eigenvalue weighted by molar-refractivity contribution is 6.05. The Hall–Kier alpha value is -3.19. The van der Waals surface area contributed by atoms with Gasteiger partial charge in [-0.05, 0) is 54.8 Å². The zero-order valence-electron chi connectivity index (χ0n) is 15.9. The molecule has 1 atom stereocenters. The number of carbonyl (C=O) groups excluding carboxylic acids is 3. The summed E-state index contributed by atoms with van der Waals surface area (Å²) in [6.07, 6.45) is 1.55. The topological polar surface area (TPSA) is 87.7 Å². The van der Waals surface area contributed by atoms with E-state index in [1.165, 1.54) is 16.0 Å². The highest BCUT2D eigenvalue weighted by Gasteiger charge is 2.40. The van der Waals surface area contributed by atoms with Crippen molar-refractivity contribution in [1.29, 1.82) is 0 Å². The van der Waals surface area contributed by atoms with Crippen molar-refractivity contribution in [3.8, 4) is 11.5 Å². The third-order valence-electron chi connectivity index (χ3n) is 5.83. The Bertz CT molecular complexity index is 1030. The van der Waals surface area contributed by atoms with E-state index < -0.39 is 11.9 Å². The SMILES string of the molecule is O=C1CCC(N2Cc3c(Oc4ccc5c(c4)CCNC5)cccc3C2=O)C(=O)N1. The lowest BCUT2D eigenvalue weighted by Crippen LogP contribution is -2.52. The molecule has 2 aromatic carbocycles. The second kappa shape index (κ2) is 7.00. The first kappa shape index (κ1) is 17.9. The number of hydrogen-bond donors (Lipinski definition) is 2. The highest BCUT2D eigenvalue weighted by atomic mass is 16.5. The van der Waals surface area contributed by atoms with Crippen LogP contribution in [0.25, 0.3) is 0 Å². The summed E-state index contributed by atoms with van der Waals surface area (Å²) in [5.74, 6) is 0.470. The first-order valence-electron chi connectivity index (χ1n) is 9.87. The van der Waals surface area contributed by atoms with Gasteiger partial charge in [0.15, 0.2) is 0 Å². The van der Waals surface area contributed by atoms with Crippen LogP contribution < -0.4 is 15.4 Å². The largest absolute Gasteiger partial charge is 0.457 e. The van der Waals surface area contributed by atoms with E-state index in [1.54, 1.807) is 12.1 Å². The van der Waals surface area contributed by atoms with Gasteiger partial charge in [0.2, 0.25) is 11.8 Å². The third kappa shape index (κ3) is 3.17. The van der Waals surface area contributed by atoms with E-state index in [0.29, 0.717) is 24.3 Å². The molecule has 2 N–H and O–H groups in total. The molecule has 0 bridgehead atoms. The van der Waals surface area contributed by atoms with Crippen LogP contribution in [-0.2, 0) is 29.1 Å². The molecule has 0 saturated carbocycles. The Morgan fingerprint density at radius 1 is 1.03 bits per heavy atom. The fourth-order valence-electron chi connectivity index (χ4n) is 4.30. The number of nitrogens with one attached hydrogen (secondary N) is 2. The second-order valence-electron chi connectivity index (χ2n) is 7.64. The van der Waals surface area contributed by atoms with E-state index in [1.807, 2.05) is 12.1 Å². The number of nitrogens with zero attached hydrogens (tertiary/aromatic N) is 1. The first-order valence-corrected chi connectivity index (χ1v) is 9.87. The summed E-state index contributed by atoms with van der Waals surface area (Å²) in [5.41, 5.74) is 3.88. The quantitative estimate of drug-likeness (QED) is 0.780. The van der Waals surface area contributed by atoms with E-state index in [4.69, 9.17) is 4.74 Å². The van der Waals surface area contributed by atoms with Gasteiger partial charge in [-0.2, -0.15) is 0 Å². The molecule has 5 rings (SSSR count). The van der Waals surface area contributed by atoms with Crippen molar-refractivity contribution >= 4 is 17.7 Å². The zero-order chi connectivity index (χ0) is 20.0. The first-order chi connectivity index (χ1) is 14.1. The molecule has 3 aliphatic heterocycles. The van der Waals surface area contributed by atoms with Gasteiger partial charge in [-0.15, -0.1) is 0 Å². The maximum atomic E-state index is 12.9. The Balaban J connectivity index is 1.41. The predicted molar refractivity (Wildman–Crippen MR) is 104 cm³/mol. The van der Waals surface area contributed by atoms with Crippen molar-refractivity contribution in [2.45, 2.75) is 38.4 Å². The molecule has 3 aliphatic rings. The lowest BCUT2D eigenvalue weighted by atomic mass is 10.0. The molecule has 148 valence electrons. The van der Waals surface area contributed by atoms with Crippen LogP contribution in [0.15, 0.2) is 36.4 Å². The zero-order valence-corrected chi connectivity index (χ0v) is 15.9. The van der Waals surface area contributed by atoms with Crippen LogP contribution in [0.1, 0.15) is 39.9 Å². The van der Waals surface area contributed by atoms with E-state index in [-0.39, 0.29) is 18.2 Å². The van der Waals surface area contributed by atoms with Crippen molar-refractivity contribution in [3.63, 3.8) is 0 Å². The summed E-state index contributed by atoms with van der Waals surface area (Å²) in [5, 5.41) is 5.68. The minimum atomic E-state index is -0.628. The van der Waals surface area contributed by atoms with E-state index in [0.717, 1.165) is 30.8 Å². The molecule has 0 aromatic heterocycles. The molecule has 7 nitrogen and oxygen atoms in total. The predicted octanol–water partition coefficient (Wildman–Crippen LogP) is 1.89. The smallest absolute Gasteiger partial charge is 0.255 e. The number of benzene rings is 2. The summed E-state index contributed by atoms with van der Waals surface area (Å²) in [7, 11) is 0. The fraction of sp³-hybridized carbons (Fsp3) is 0.318. The van der Waals surface area contributed by atoms with Crippen LogP contribution in [0.5, 0.6) is 11.5 Å². The summed E-state index contributed by atoms with van der Waals surface area (Å²) >= 11 is 0. The van der Waals surface area contributed by atoms with Gasteiger partial charge in [-0.25, -0.2) is 0 Å². The minimum absolute atomic E-state index is 0.198. The van der Waals surface area contributed by atoms with Crippen LogP contribution >= 0.6 is 0 Å². The average molecular weight is 391 g/mol. The third-order valence-corrected chi connectivity index (χ3v) is 5.83. The highest BCUT2D eigenvalue weighted by Crippen LogP contribution is 2.36. The maximum Gasteiger partial charge on any atom is 0.255 e. The van der Waals surface area contributed by atoms with Gasteiger partial charge in [0.05, 0.1) is 6.54 Å². The number of carbonyl (C=O) groups is 3. The Morgan fingerprint density at radius 2 is 1.93 bits per heavy atom. The van der Waals surface area contributed by atoms with Gasteiger partial charge < -0.3 is 15.0 Å². The molecule has 29 heavy (non-hydrogen) atoms. The minimum Gasteiger partial charge on any atom is -0.457 e. The lowest BCUT2D eigenvalue weighted by molar-refractivity contribution is -0.136. The number of imide groups is 1. The standard InChI is InChI=1S/C22H21N3O4/c26-20-7-6-18(21(27)24-20)25-12-17-16(22(25)28)2-1-3-19(17)29-15-5-4-14-11-23-9-8-13(14)10-15/h1-5,10,18,23H,6-9,11-12H2,(H,24,26,27). The van der Waals surface area contributed by atoms with Crippen LogP contribution in [0.4, 0.5) is 0 Å². The monoisotopic (exact) mass is 391 g/mol. The number of piperidine rings is 1. The molecular weight excluding hydrogens is 370 g/mol. The van der Waals surface area contributed by atoms with Gasteiger partial charge in [-0.3, -0.25) is 19.7 Å². The van der Waals surface area contributed by atoms with Crippen LogP contribution in [0.2, 0.25) is 0 Å². The van der Waals surface area contributed by atoms with Crippen LogP contribution in [0.3, 0.4) is 0 Å². The van der Waals surface area contributed by atoms with Gasteiger partial charge in [0.25, 0.3) is 5.91 Å². The Kier molecular flexibility index (Phi) is 4.32. The molecule has 0 spiro atoms. The van der Waals surface area contributed by atoms with Gasteiger partial charge in [-0.1, -0.05) is 12.1 Å². The summed E-state index contributed by atoms with van der Waals surface area (Å²) in [6.45, 7) is 2.11. The number of fused-ring (bicyclic) bond motifs is 2. The molecule has 7 heteroatoms. The van der Waals surface area contributed by atoms with Gasteiger partial charge >= 0.3 is 0 Å². The molecule has 1 unspecified atom stereocenters. The van der Waals surface area contributed by atoms with Gasteiger partial charge in [0.1, 0.15) is 17.5 Å². The molecule has 0 aliphatic carbocycles. The molecule has 3 heterocycles.